The third kappa shape index (κ3) is 3.18. The highest BCUT2D eigenvalue weighted by molar-refractivity contribution is 7.94. The molecule has 9 nitrogen and oxygen atoms in total. The topological polar surface area (TPSA) is 105 Å². The minimum atomic E-state index is -4.11. The van der Waals surface area contributed by atoms with E-state index in [9.17, 15) is 18.0 Å². The highest BCUT2D eigenvalue weighted by Gasteiger charge is 2.46. The van der Waals surface area contributed by atoms with Crippen molar-refractivity contribution in [3.05, 3.63) is 18.2 Å². The quantitative estimate of drug-likeness (QED) is 0.752. The molecule has 1 aliphatic rings. The summed E-state index contributed by atoms with van der Waals surface area (Å²) < 4.78 is 38.6. The largest absolute Gasteiger partial charge is 0.500 e. The molecule has 1 unspecified atom stereocenters. The lowest BCUT2D eigenvalue weighted by Crippen LogP contribution is -2.54. The highest BCUT2D eigenvalue weighted by Crippen LogP contribution is 2.30. The van der Waals surface area contributed by atoms with Crippen molar-refractivity contribution in [3.8, 4) is 11.5 Å². The summed E-state index contributed by atoms with van der Waals surface area (Å²) in [5, 5.41) is -1.52. The summed E-state index contributed by atoms with van der Waals surface area (Å²) in [6.07, 6.45) is 1.06. The first kappa shape index (κ1) is 17.7. The molecule has 1 aromatic carbocycles. The predicted molar refractivity (Wildman–Crippen MR) is 86.3 cm³/mol. The molecule has 3 amide bonds. The number of carbonyl (C=O) groups is 2. The average molecular weight is 356 g/mol. The number of urea groups is 1. The van der Waals surface area contributed by atoms with Crippen molar-refractivity contribution in [2.24, 2.45) is 0 Å². The minimum absolute atomic E-state index is 0.205. The van der Waals surface area contributed by atoms with Gasteiger partial charge >= 0.3 is 11.9 Å². The van der Waals surface area contributed by atoms with Gasteiger partial charge in [-0.15, -0.1) is 0 Å². The van der Waals surface area contributed by atoms with E-state index in [1.165, 1.54) is 46.5 Å². The number of sulfonamides is 1. The van der Waals surface area contributed by atoms with E-state index < -0.39 is 27.2 Å². The molecule has 0 spiro atoms. The number of methoxy groups -OCH3 is 2. The summed E-state index contributed by atoms with van der Waals surface area (Å²) in [6.45, 7) is 0. The molecule has 0 aromatic heterocycles. The van der Waals surface area contributed by atoms with Gasteiger partial charge in [0, 0.05) is 6.07 Å². The molecule has 130 valence electrons. The van der Waals surface area contributed by atoms with Crippen molar-refractivity contribution in [2.45, 2.75) is 5.25 Å². The van der Waals surface area contributed by atoms with Gasteiger partial charge in [0.25, 0.3) is 10.0 Å². The number of ether oxygens (including phenoxy) is 2. The Bertz CT molecular complexity index is 818. The fourth-order valence-electron chi connectivity index (χ4n) is 2.19. The SMILES string of the molecule is COc1ccc(NS(=O)(=O)C2C=[N+](C)C(=O)N(C)C2=O)cc1OC. The van der Waals surface area contributed by atoms with Crippen molar-refractivity contribution in [2.75, 3.05) is 33.0 Å². The molecule has 10 heteroatoms. The number of carbonyl (C=O) groups excluding carboxylic acids is 2. The van der Waals surface area contributed by atoms with Crippen molar-refractivity contribution in [3.63, 3.8) is 0 Å². The van der Waals surface area contributed by atoms with E-state index in [-0.39, 0.29) is 5.69 Å². The highest BCUT2D eigenvalue weighted by atomic mass is 32.2. The molecule has 0 saturated carbocycles. The average Bonchev–Trinajstić information content (AvgIpc) is 2.55. The molecule has 1 atom stereocenters. The Kier molecular flexibility index (Phi) is 4.78. The number of hydrogen-bond donors (Lipinski definition) is 1. The Morgan fingerprint density at radius 3 is 2.38 bits per heavy atom. The Hall–Kier alpha value is -2.62. The molecule has 0 saturated heterocycles. The fraction of sp³-hybridized carbons (Fsp3) is 0.357. The Morgan fingerprint density at radius 2 is 1.79 bits per heavy atom. The smallest absolute Gasteiger partial charge is 0.493 e. The maximum absolute atomic E-state index is 12.5. The Balaban J connectivity index is 2.35. The van der Waals surface area contributed by atoms with Gasteiger partial charge in [0.15, 0.2) is 11.5 Å². The van der Waals surface area contributed by atoms with Gasteiger partial charge in [0.05, 0.1) is 34.0 Å². The second kappa shape index (κ2) is 6.48. The second-order valence-electron chi connectivity index (χ2n) is 5.08. The first-order valence-electron chi connectivity index (χ1n) is 6.84. The van der Waals surface area contributed by atoms with Gasteiger partial charge in [-0.25, -0.2) is 17.8 Å². The predicted octanol–water partition coefficient (Wildman–Crippen LogP) is 0.119. The number of anilines is 1. The van der Waals surface area contributed by atoms with Crippen LogP contribution in [0.2, 0.25) is 0 Å². The Labute approximate surface area is 139 Å². The summed E-state index contributed by atoms with van der Waals surface area (Å²) >= 11 is 0. The Morgan fingerprint density at radius 1 is 1.17 bits per heavy atom. The maximum Gasteiger partial charge on any atom is 0.500 e. The second-order valence-corrected chi connectivity index (χ2v) is 6.88. The lowest BCUT2D eigenvalue weighted by Gasteiger charge is -2.20. The molecule has 1 heterocycles. The number of hydrogen-bond acceptors (Lipinski definition) is 6. The number of nitrogens with zero attached hydrogens (tertiary/aromatic N) is 2. The molecule has 0 radical (unpaired) electrons. The number of rotatable bonds is 5. The van der Waals surface area contributed by atoms with Gasteiger partial charge in [-0.3, -0.25) is 4.72 Å². The molecule has 2 rings (SSSR count). The third-order valence-electron chi connectivity index (χ3n) is 3.50. The van der Waals surface area contributed by atoms with Crippen molar-refractivity contribution < 1.29 is 32.1 Å². The van der Waals surface area contributed by atoms with E-state index in [0.717, 1.165) is 15.7 Å². The fourth-order valence-corrected chi connectivity index (χ4v) is 3.54. The van der Waals surface area contributed by atoms with E-state index in [1.807, 2.05) is 0 Å². The number of benzene rings is 1. The van der Waals surface area contributed by atoms with Crippen LogP contribution in [0.1, 0.15) is 0 Å². The normalized spacial score (nSPS) is 18.2. The molecule has 0 bridgehead atoms. The summed E-state index contributed by atoms with van der Waals surface area (Å²) in [5.41, 5.74) is 0.205. The van der Waals surface area contributed by atoms with Gasteiger partial charge in [-0.1, -0.05) is 0 Å². The van der Waals surface area contributed by atoms with E-state index in [2.05, 4.69) is 4.72 Å². The molecular weight excluding hydrogens is 338 g/mol. The number of imide groups is 1. The van der Waals surface area contributed by atoms with E-state index >= 15 is 0 Å². The zero-order chi connectivity index (χ0) is 18.1. The van der Waals surface area contributed by atoms with Crippen LogP contribution in [0.4, 0.5) is 10.5 Å². The minimum Gasteiger partial charge on any atom is -0.493 e. The zero-order valence-corrected chi connectivity index (χ0v) is 14.5. The van der Waals surface area contributed by atoms with Crippen molar-refractivity contribution in [1.82, 2.24) is 4.90 Å². The van der Waals surface area contributed by atoms with Gasteiger partial charge < -0.3 is 9.47 Å². The van der Waals surface area contributed by atoms with Crippen LogP contribution in [0.25, 0.3) is 0 Å². The lowest BCUT2D eigenvalue weighted by atomic mass is 10.3. The standard InChI is InChI=1S/C14H18N3O6S/c1-16-8-12(13(18)17(2)14(16)19)24(20,21)15-9-5-6-10(22-3)11(7-9)23-4/h5-8,12,15H,1-4H3/q+1. The van der Waals surface area contributed by atoms with Gasteiger partial charge in [0.1, 0.15) is 6.21 Å². The first-order valence-corrected chi connectivity index (χ1v) is 8.39. The molecule has 24 heavy (non-hydrogen) atoms. The van der Waals surface area contributed by atoms with Crippen LogP contribution in [-0.2, 0) is 14.8 Å². The molecule has 1 aromatic rings. The van der Waals surface area contributed by atoms with Crippen LogP contribution in [0.3, 0.4) is 0 Å². The summed E-state index contributed by atoms with van der Waals surface area (Å²) in [5.74, 6) is -0.0574. The van der Waals surface area contributed by atoms with Crippen LogP contribution in [0.15, 0.2) is 18.2 Å². The van der Waals surface area contributed by atoms with Crippen molar-refractivity contribution in [1.29, 1.82) is 0 Å². The summed E-state index contributed by atoms with van der Waals surface area (Å²) in [7, 11) is 1.38. The van der Waals surface area contributed by atoms with Crippen LogP contribution < -0.4 is 14.2 Å². The molecule has 0 fully saturated rings. The van der Waals surface area contributed by atoms with Crippen LogP contribution in [0, 0.1) is 0 Å². The van der Waals surface area contributed by atoms with E-state index in [0.29, 0.717) is 11.5 Å². The number of amides is 3. The summed E-state index contributed by atoms with van der Waals surface area (Å²) in [4.78, 5) is 24.6. The van der Waals surface area contributed by atoms with E-state index in [4.69, 9.17) is 9.47 Å². The van der Waals surface area contributed by atoms with Crippen LogP contribution in [0.5, 0.6) is 11.5 Å². The number of nitrogens with one attached hydrogen (secondary N) is 1. The maximum atomic E-state index is 12.5. The molecule has 1 aliphatic heterocycles. The third-order valence-corrected chi connectivity index (χ3v) is 5.01. The van der Waals surface area contributed by atoms with Gasteiger partial charge in [0.2, 0.25) is 5.25 Å². The molecule has 1 N–H and O–H groups in total. The zero-order valence-electron chi connectivity index (χ0n) is 13.6. The molecule has 0 aliphatic carbocycles. The van der Waals surface area contributed by atoms with Crippen LogP contribution >= 0.6 is 0 Å². The van der Waals surface area contributed by atoms with Crippen molar-refractivity contribution >= 4 is 33.9 Å². The first-order chi connectivity index (χ1) is 11.2. The molecular formula is C14H18N3O6S+. The van der Waals surface area contributed by atoms with Gasteiger partial charge in [-0.05, 0) is 12.1 Å². The summed E-state index contributed by atoms with van der Waals surface area (Å²) in [6, 6.07) is 3.84. The lowest BCUT2D eigenvalue weighted by molar-refractivity contribution is -0.399. The van der Waals surface area contributed by atoms with Gasteiger partial charge in [-0.2, -0.15) is 9.69 Å². The monoisotopic (exact) mass is 356 g/mol. The van der Waals surface area contributed by atoms with E-state index in [1.54, 1.807) is 0 Å². The van der Waals surface area contributed by atoms with Crippen LogP contribution in [-0.4, -0.2) is 69.6 Å².